The molecule has 0 aliphatic carbocycles. The predicted molar refractivity (Wildman–Crippen MR) is 50.6 cm³/mol. The summed E-state index contributed by atoms with van der Waals surface area (Å²) in [6.07, 6.45) is 1.49. The van der Waals surface area contributed by atoms with Gasteiger partial charge in [0, 0.05) is 0 Å². The quantitative estimate of drug-likeness (QED) is 0.510. The first-order valence-corrected chi connectivity index (χ1v) is 3.61. The fourth-order valence-electron chi connectivity index (χ4n) is 1.07. The molecule has 0 fully saturated rings. The Morgan fingerprint density at radius 3 is 2.62 bits per heavy atom. The van der Waals surface area contributed by atoms with Crippen molar-refractivity contribution in [2.24, 2.45) is 0 Å². The van der Waals surface area contributed by atoms with Crippen molar-refractivity contribution in [2.45, 2.75) is 0 Å². The lowest BCUT2D eigenvalue weighted by Crippen LogP contribution is -2.02. The van der Waals surface area contributed by atoms with E-state index in [-0.39, 0.29) is 5.95 Å². The molecule has 0 unspecified atom stereocenters. The number of hydrogen-bond acceptors (Lipinski definition) is 6. The maximum Gasteiger partial charge on any atom is 0.224 e. The van der Waals surface area contributed by atoms with Crippen LogP contribution in [0, 0.1) is 0 Å². The first kappa shape index (κ1) is 7.53. The Balaban J connectivity index is 2.87. The average molecular weight is 176 g/mol. The van der Waals surface area contributed by atoms with Gasteiger partial charge in [-0.2, -0.15) is 9.97 Å². The number of hydrogen-bond donors (Lipinski definition) is 3. The van der Waals surface area contributed by atoms with Crippen molar-refractivity contribution in [3.05, 3.63) is 12.3 Å². The number of nitrogens with zero attached hydrogens (tertiary/aromatic N) is 3. The van der Waals surface area contributed by atoms with E-state index in [2.05, 4.69) is 15.0 Å². The van der Waals surface area contributed by atoms with Crippen LogP contribution in [0.5, 0.6) is 0 Å². The van der Waals surface area contributed by atoms with Gasteiger partial charge in [-0.3, -0.25) is 0 Å². The smallest absolute Gasteiger partial charge is 0.224 e. The van der Waals surface area contributed by atoms with Gasteiger partial charge < -0.3 is 17.2 Å². The van der Waals surface area contributed by atoms with E-state index in [0.717, 1.165) is 0 Å². The van der Waals surface area contributed by atoms with E-state index in [0.29, 0.717) is 22.5 Å². The summed E-state index contributed by atoms with van der Waals surface area (Å²) < 4.78 is 0. The molecule has 2 aromatic heterocycles. The third kappa shape index (κ3) is 1.18. The minimum absolute atomic E-state index is 0.113. The summed E-state index contributed by atoms with van der Waals surface area (Å²) in [5, 5.41) is 0.620. The van der Waals surface area contributed by atoms with Crippen LogP contribution in [0.25, 0.3) is 11.0 Å². The van der Waals surface area contributed by atoms with Gasteiger partial charge in [-0.1, -0.05) is 0 Å². The molecule has 0 aliphatic heterocycles. The Morgan fingerprint density at radius 1 is 1.08 bits per heavy atom. The Kier molecular flexibility index (Phi) is 1.42. The van der Waals surface area contributed by atoms with Crippen molar-refractivity contribution < 1.29 is 0 Å². The molecule has 0 saturated carbocycles. The second-order valence-corrected chi connectivity index (χ2v) is 2.61. The van der Waals surface area contributed by atoms with Crippen molar-refractivity contribution in [1.82, 2.24) is 15.0 Å². The Labute approximate surface area is 73.8 Å². The number of fused-ring (bicyclic) bond motifs is 1. The molecule has 0 aromatic carbocycles. The lowest BCUT2D eigenvalue weighted by Gasteiger charge is -2.01. The molecule has 2 rings (SSSR count). The van der Waals surface area contributed by atoms with E-state index in [1.165, 1.54) is 6.20 Å². The number of rotatable bonds is 0. The van der Waals surface area contributed by atoms with Crippen LogP contribution < -0.4 is 17.2 Å². The molecular weight excluding hydrogens is 168 g/mol. The molecule has 13 heavy (non-hydrogen) atoms. The molecule has 2 aromatic rings. The van der Waals surface area contributed by atoms with Crippen molar-refractivity contribution in [3.8, 4) is 0 Å². The fraction of sp³-hybridized carbons (Fsp3) is 0. The second-order valence-electron chi connectivity index (χ2n) is 2.61. The Bertz CT molecular complexity index is 466. The number of aromatic nitrogens is 3. The molecule has 66 valence electrons. The van der Waals surface area contributed by atoms with Gasteiger partial charge in [0.1, 0.15) is 5.82 Å². The molecule has 0 bridgehead atoms. The van der Waals surface area contributed by atoms with Crippen molar-refractivity contribution in [3.63, 3.8) is 0 Å². The second kappa shape index (κ2) is 2.44. The minimum atomic E-state index is 0.113. The van der Waals surface area contributed by atoms with Crippen LogP contribution in [0.3, 0.4) is 0 Å². The van der Waals surface area contributed by atoms with E-state index in [9.17, 15) is 0 Å². The highest BCUT2D eigenvalue weighted by atomic mass is 15.1. The summed E-state index contributed by atoms with van der Waals surface area (Å²) in [7, 11) is 0. The molecule has 0 spiro atoms. The molecular formula is C7H8N6. The molecule has 0 amide bonds. The van der Waals surface area contributed by atoms with Crippen LogP contribution in [0.15, 0.2) is 12.3 Å². The van der Waals surface area contributed by atoms with Crippen molar-refractivity contribution >= 4 is 28.5 Å². The highest BCUT2D eigenvalue weighted by Crippen LogP contribution is 2.18. The summed E-state index contributed by atoms with van der Waals surface area (Å²) in [6.45, 7) is 0. The van der Waals surface area contributed by atoms with Gasteiger partial charge in [0.05, 0.1) is 17.3 Å². The maximum absolute atomic E-state index is 5.60. The maximum atomic E-state index is 5.60. The summed E-state index contributed by atoms with van der Waals surface area (Å²) in [5.74, 6) is 0.407. The molecule has 2 heterocycles. The molecule has 0 atom stereocenters. The fourth-order valence-corrected chi connectivity index (χ4v) is 1.07. The summed E-state index contributed by atoms with van der Waals surface area (Å²) in [6, 6.07) is 1.66. The summed E-state index contributed by atoms with van der Waals surface area (Å²) in [5.41, 5.74) is 17.5. The van der Waals surface area contributed by atoms with Gasteiger partial charge in [0.2, 0.25) is 5.95 Å². The van der Waals surface area contributed by atoms with Gasteiger partial charge in [-0.05, 0) is 6.07 Å². The molecule has 6 heteroatoms. The van der Waals surface area contributed by atoms with Gasteiger partial charge in [-0.25, -0.2) is 4.98 Å². The minimum Gasteiger partial charge on any atom is -0.397 e. The molecule has 6 N–H and O–H groups in total. The average Bonchev–Trinajstić information content (AvgIpc) is 2.06. The van der Waals surface area contributed by atoms with Gasteiger partial charge in [0.15, 0.2) is 5.65 Å². The zero-order valence-electron chi connectivity index (χ0n) is 6.73. The largest absolute Gasteiger partial charge is 0.397 e. The monoisotopic (exact) mass is 176 g/mol. The van der Waals surface area contributed by atoms with Crippen LogP contribution >= 0.6 is 0 Å². The molecule has 0 saturated heterocycles. The predicted octanol–water partition coefficient (Wildman–Crippen LogP) is -0.229. The van der Waals surface area contributed by atoms with Gasteiger partial charge in [0.25, 0.3) is 0 Å². The van der Waals surface area contributed by atoms with Crippen LogP contribution in [0.2, 0.25) is 0 Å². The number of nitrogens with two attached hydrogens (primary N) is 3. The number of nitrogen functional groups attached to an aromatic ring is 3. The van der Waals surface area contributed by atoms with E-state index < -0.39 is 0 Å². The first-order chi connectivity index (χ1) is 6.16. The Hall–Kier alpha value is -2.11. The third-order valence-electron chi connectivity index (χ3n) is 1.62. The normalized spacial score (nSPS) is 10.5. The molecule has 6 nitrogen and oxygen atoms in total. The van der Waals surface area contributed by atoms with Crippen LogP contribution in [-0.4, -0.2) is 15.0 Å². The van der Waals surface area contributed by atoms with E-state index >= 15 is 0 Å². The van der Waals surface area contributed by atoms with E-state index in [1.807, 2.05) is 0 Å². The number of anilines is 3. The lowest BCUT2D eigenvalue weighted by molar-refractivity contribution is 1.20. The van der Waals surface area contributed by atoms with Crippen molar-refractivity contribution in [1.29, 1.82) is 0 Å². The highest BCUT2D eigenvalue weighted by molar-refractivity contribution is 5.88. The molecule has 0 aliphatic rings. The van der Waals surface area contributed by atoms with Crippen LogP contribution in [-0.2, 0) is 0 Å². The van der Waals surface area contributed by atoms with E-state index in [4.69, 9.17) is 17.2 Å². The summed E-state index contributed by atoms with van der Waals surface area (Å²) >= 11 is 0. The Morgan fingerprint density at radius 2 is 1.85 bits per heavy atom. The summed E-state index contributed by atoms with van der Waals surface area (Å²) in [4.78, 5) is 11.7. The SMILES string of the molecule is Nc1cnc2nc(N)nc(N)c2c1. The standard InChI is InChI=1S/C7H8N6/c8-3-1-4-5(9)12-7(10)13-6(4)11-2-3/h1-2H,8H2,(H4,9,10,11,12,13). The molecule has 0 radical (unpaired) electrons. The van der Waals surface area contributed by atoms with Crippen LogP contribution in [0.1, 0.15) is 0 Å². The van der Waals surface area contributed by atoms with E-state index in [1.54, 1.807) is 6.07 Å². The lowest BCUT2D eigenvalue weighted by atomic mass is 10.3. The third-order valence-corrected chi connectivity index (χ3v) is 1.62. The zero-order chi connectivity index (χ0) is 9.42. The van der Waals surface area contributed by atoms with Gasteiger partial charge in [-0.15, -0.1) is 0 Å². The van der Waals surface area contributed by atoms with Gasteiger partial charge >= 0.3 is 0 Å². The van der Waals surface area contributed by atoms with Crippen LogP contribution in [0.4, 0.5) is 17.5 Å². The first-order valence-electron chi connectivity index (χ1n) is 3.61. The van der Waals surface area contributed by atoms with Crippen molar-refractivity contribution in [2.75, 3.05) is 17.2 Å². The highest BCUT2D eigenvalue weighted by Gasteiger charge is 2.03. The topological polar surface area (TPSA) is 117 Å². The number of pyridine rings is 1. The zero-order valence-corrected chi connectivity index (χ0v) is 6.73.